The number of rotatable bonds is 13. The van der Waals surface area contributed by atoms with Crippen molar-refractivity contribution in [2.24, 2.45) is 0 Å². The second kappa shape index (κ2) is 11.7. The number of benzene rings is 2. The highest BCUT2D eigenvalue weighted by Crippen LogP contribution is 2.30. The minimum Gasteiger partial charge on any atom is -0.394 e. The summed E-state index contributed by atoms with van der Waals surface area (Å²) in [5, 5.41) is 19.7. The quantitative estimate of drug-likeness (QED) is 0.222. The van der Waals surface area contributed by atoms with Crippen molar-refractivity contribution in [3.63, 3.8) is 0 Å². The second-order valence-electron chi connectivity index (χ2n) is 8.80. The third-order valence-corrected chi connectivity index (χ3v) is 11.2. The van der Waals surface area contributed by atoms with Crippen LogP contribution in [-0.4, -0.2) is 62.8 Å². The summed E-state index contributed by atoms with van der Waals surface area (Å²) in [6.45, 7) is 6.05. The maximum Gasteiger partial charge on any atom is 0.241 e. The van der Waals surface area contributed by atoms with Gasteiger partial charge in [-0.25, -0.2) is 26.3 Å². The fourth-order valence-electron chi connectivity index (χ4n) is 2.76. The minimum absolute atomic E-state index is 0.105. The van der Waals surface area contributed by atoms with E-state index in [0.29, 0.717) is 0 Å². The summed E-state index contributed by atoms with van der Waals surface area (Å²) in [6.07, 6.45) is 0. The molecule has 0 bridgehead atoms. The van der Waals surface area contributed by atoms with Crippen LogP contribution in [0.3, 0.4) is 0 Å². The average molecular weight is 549 g/mol. The molecule has 190 valence electrons. The SMILES string of the molecule is Cc1ccc(S(=O)(=O)NC(C)(CO)CSSCC(C)(CO)NS(=O)(=O)c2ccc(C)cc2)cc1. The molecule has 0 spiro atoms. The standard InChI is InChI=1S/C22H32N2O6S4/c1-17-5-9-19(10-6-17)33(27,28)23-21(3,13-25)15-31-32-16-22(4,14-26)24-34(29,30)20-11-7-18(2)8-12-20/h5-12,23-26H,13-16H2,1-4H3. The van der Waals surface area contributed by atoms with Gasteiger partial charge in [-0.15, -0.1) is 0 Å². The molecule has 0 saturated carbocycles. The van der Waals surface area contributed by atoms with Crippen molar-refractivity contribution in [2.45, 2.75) is 48.6 Å². The van der Waals surface area contributed by atoms with E-state index in [9.17, 15) is 27.0 Å². The molecule has 0 fully saturated rings. The van der Waals surface area contributed by atoms with E-state index >= 15 is 0 Å². The van der Waals surface area contributed by atoms with E-state index in [1.807, 2.05) is 13.8 Å². The molecule has 0 aromatic heterocycles. The van der Waals surface area contributed by atoms with E-state index in [-0.39, 0.29) is 21.3 Å². The molecule has 0 aliphatic rings. The summed E-state index contributed by atoms with van der Waals surface area (Å²) < 4.78 is 56.0. The Kier molecular flexibility index (Phi) is 10.1. The van der Waals surface area contributed by atoms with Gasteiger partial charge in [-0.05, 0) is 52.0 Å². The van der Waals surface area contributed by atoms with Gasteiger partial charge in [0.2, 0.25) is 20.0 Å². The summed E-state index contributed by atoms with van der Waals surface area (Å²) in [6, 6.07) is 12.8. The predicted octanol–water partition coefficient (Wildman–Crippen LogP) is 2.44. The number of sulfonamides is 2. The fourth-order valence-corrected chi connectivity index (χ4v) is 8.81. The fraction of sp³-hybridized carbons (Fsp3) is 0.455. The van der Waals surface area contributed by atoms with Gasteiger partial charge in [-0.1, -0.05) is 57.0 Å². The van der Waals surface area contributed by atoms with Gasteiger partial charge >= 0.3 is 0 Å². The largest absolute Gasteiger partial charge is 0.394 e. The Morgan fingerprint density at radius 3 is 1.24 bits per heavy atom. The first-order valence-corrected chi connectivity index (χ1v) is 15.9. The Balaban J connectivity index is 1.98. The third-order valence-electron chi connectivity index (χ3n) is 4.96. The highest BCUT2D eigenvalue weighted by Gasteiger charge is 2.33. The molecule has 0 heterocycles. The number of nitrogens with one attached hydrogen (secondary N) is 2. The zero-order chi connectivity index (χ0) is 25.6. The van der Waals surface area contributed by atoms with Crippen LogP contribution >= 0.6 is 21.6 Å². The summed E-state index contributed by atoms with van der Waals surface area (Å²) in [7, 11) is -5.13. The van der Waals surface area contributed by atoms with E-state index in [0.717, 1.165) is 11.1 Å². The van der Waals surface area contributed by atoms with Gasteiger partial charge in [0.15, 0.2) is 0 Å². The molecular formula is C22H32N2O6S4. The van der Waals surface area contributed by atoms with Crippen LogP contribution in [0.5, 0.6) is 0 Å². The molecule has 0 saturated heterocycles. The van der Waals surface area contributed by atoms with E-state index in [1.54, 1.807) is 38.1 Å². The smallest absolute Gasteiger partial charge is 0.241 e. The number of hydrogen-bond acceptors (Lipinski definition) is 8. The van der Waals surface area contributed by atoms with Crippen LogP contribution in [0.4, 0.5) is 0 Å². The van der Waals surface area contributed by atoms with E-state index in [2.05, 4.69) is 9.44 Å². The van der Waals surface area contributed by atoms with Crippen molar-refractivity contribution < 1.29 is 27.0 Å². The lowest BCUT2D eigenvalue weighted by molar-refractivity contribution is 0.211. The molecule has 2 aromatic carbocycles. The maximum absolute atomic E-state index is 12.7. The number of hydrogen-bond donors (Lipinski definition) is 4. The predicted molar refractivity (Wildman–Crippen MR) is 139 cm³/mol. The summed E-state index contributed by atoms with van der Waals surface area (Å²) >= 11 is 0. The van der Waals surface area contributed by atoms with E-state index in [4.69, 9.17) is 0 Å². The number of aryl methyl sites for hydroxylation is 2. The first-order chi connectivity index (χ1) is 15.7. The summed E-state index contributed by atoms with van der Waals surface area (Å²) in [4.78, 5) is 0.211. The van der Waals surface area contributed by atoms with Crippen molar-refractivity contribution in [2.75, 3.05) is 24.7 Å². The zero-order valence-corrected chi connectivity index (χ0v) is 22.9. The molecule has 4 N–H and O–H groups in total. The Hall–Kier alpha value is -1.12. The lowest BCUT2D eigenvalue weighted by atomic mass is 10.1. The Morgan fingerprint density at radius 1 is 0.676 bits per heavy atom. The van der Waals surface area contributed by atoms with Crippen molar-refractivity contribution in [1.82, 2.24) is 9.44 Å². The molecule has 2 aromatic rings. The molecular weight excluding hydrogens is 517 g/mol. The van der Waals surface area contributed by atoms with Crippen LogP contribution < -0.4 is 9.44 Å². The third kappa shape index (κ3) is 8.23. The zero-order valence-electron chi connectivity index (χ0n) is 19.6. The van der Waals surface area contributed by atoms with Crippen LogP contribution in [0.25, 0.3) is 0 Å². The van der Waals surface area contributed by atoms with Crippen molar-refractivity contribution in [3.8, 4) is 0 Å². The highest BCUT2D eigenvalue weighted by molar-refractivity contribution is 8.76. The van der Waals surface area contributed by atoms with Gasteiger partial charge in [0.25, 0.3) is 0 Å². The molecule has 0 radical (unpaired) electrons. The summed E-state index contributed by atoms with van der Waals surface area (Å²) in [5.41, 5.74) is -0.418. The lowest BCUT2D eigenvalue weighted by Gasteiger charge is -2.30. The lowest BCUT2D eigenvalue weighted by Crippen LogP contribution is -2.51. The van der Waals surface area contributed by atoms with Crippen LogP contribution in [0.2, 0.25) is 0 Å². The van der Waals surface area contributed by atoms with Gasteiger partial charge in [-0.2, -0.15) is 0 Å². The summed E-state index contributed by atoms with van der Waals surface area (Å²) in [5.74, 6) is 0.428. The Bertz CT molecular complexity index is 1060. The Morgan fingerprint density at radius 2 is 0.971 bits per heavy atom. The molecule has 8 nitrogen and oxygen atoms in total. The molecule has 0 aliphatic heterocycles. The van der Waals surface area contributed by atoms with Crippen molar-refractivity contribution in [3.05, 3.63) is 59.7 Å². The molecule has 2 unspecified atom stereocenters. The van der Waals surface area contributed by atoms with Gasteiger partial charge in [0, 0.05) is 11.5 Å². The van der Waals surface area contributed by atoms with Crippen LogP contribution in [0.1, 0.15) is 25.0 Å². The molecule has 2 rings (SSSR count). The maximum atomic E-state index is 12.7. The van der Waals surface area contributed by atoms with Crippen molar-refractivity contribution in [1.29, 1.82) is 0 Å². The van der Waals surface area contributed by atoms with Crippen LogP contribution in [0.15, 0.2) is 58.3 Å². The first kappa shape index (κ1) is 29.1. The molecule has 0 amide bonds. The van der Waals surface area contributed by atoms with Gasteiger partial charge in [0.1, 0.15) is 0 Å². The highest BCUT2D eigenvalue weighted by atomic mass is 33.1. The van der Waals surface area contributed by atoms with Crippen LogP contribution in [0, 0.1) is 13.8 Å². The second-order valence-corrected chi connectivity index (χ2v) is 14.6. The van der Waals surface area contributed by atoms with Crippen LogP contribution in [-0.2, 0) is 20.0 Å². The normalized spacial score (nSPS) is 16.1. The van der Waals surface area contributed by atoms with Gasteiger partial charge < -0.3 is 10.2 Å². The van der Waals surface area contributed by atoms with Crippen molar-refractivity contribution >= 4 is 41.6 Å². The Labute approximate surface area is 210 Å². The number of aliphatic hydroxyl groups excluding tert-OH is 2. The topological polar surface area (TPSA) is 133 Å². The number of aliphatic hydroxyl groups is 2. The van der Waals surface area contributed by atoms with E-state index in [1.165, 1.54) is 45.9 Å². The van der Waals surface area contributed by atoms with Gasteiger partial charge in [0.05, 0.1) is 34.1 Å². The molecule has 12 heteroatoms. The molecule has 2 atom stereocenters. The average Bonchev–Trinajstić information content (AvgIpc) is 2.77. The monoisotopic (exact) mass is 548 g/mol. The first-order valence-electron chi connectivity index (χ1n) is 10.4. The minimum atomic E-state index is -3.84. The molecule has 0 aliphatic carbocycles. The van der Waals surface area contributed by atoms with Gasteiger partial charge in [-0.3, -0.25) is 0 Å². The van der Waals surface area contributed by atoms with E-state index < -0.39 is 44.3 Å². The molecule has 34 heavy (non-hydrogen) atoms.